The van der Waals surface area contributed by atoms with Crippen LogP contribution in [0.3, 0.4) is 0 Å². The predicted octanol–water partition coefficient (Wildman–Crippen LogP) is 1.93. The van der Waals surface area contributed by atoms with Crippen molar-refractivity contribution in [2.45, 2.75) is 58.6 Å². The van der Waals surface area contributed by atoms with Gasteiger partial charge in [-0.05, 0) is 37.5 Å². The molecule has 7 nitrogen and oxygen atoms in total. The van der Waals surface area contributed by atoms with E-state index in [-0.39, 0.29) is 23.8 Å². The maximum absolute atomic E-state index is 12.7. The maximum atomic E-state index is 12.7. The van der Waals surface area contributed by atoms with Crippen molar-refractivity contribution in [1.29, 1.82) is 0 Å². The van der Waals surface area contributed by atoms with Crippen LogP contribution in [0.15, 0.2) is 18.2 Å². The fraction of sp³-hybridized carbons (Fsp3) is 0.571. The average molecular weight is 386 g/mol. The second-order valence-electron chi connectivity index (χ2n) is 8.00. The van der Waals surface area contributed by atoms with E-state index in [2.05, 4.69) is 21.4 Å². The van der Waals surface area contributed by atoms with Crippen molar-refractivity contribution in [3.63, 3.8) is 0 Å². The van der Waals surface area contributed by atoms with Gasteiger partial charge in [0.1, 0.15) is 5.82 Å². The van der Waals surface area contributed by atoms with E-state index in [1.807, 2.05) is 32.9 Å². The van der Waals surface area contributed by atoms with Gasteiger partial charge in [0.25, 0.3) is 0 Å². The summed E-state index contributed by atoms with van der Waals surface area (Å²) in [7, 11) is 0. The summed E-state index contributed by atoms with van der Waals surface area (Å²) in [4.78, 5) is 34.2. The molecule has 0 aliphatic carbocycles. The lowest BCUT2D eigenvalue weighted by Gasteiger charge is -2.22. The van der Waals surface area contributed by atoms with Crippen LogP contribution in [-0.2, 0) is 16.0 Å². The molecule has 1 aliphatic heterocycles. The first-order chi connectivity index (χ1) is 13.3. The fourth-order valence-corrected chi connectivity index (χ4v) is 3.53. The van der Waals surface area contributed by atoms with Gasteiger partial charge in [0.2, 0.25) is 11.8 Å². The van der Waals surface area contributed by atoms with Crippen LogP contribution in [0.4, 0.5) is 0 Å². The lowest BCUT2D eigenvalue weighted by Crippen LogP contribution is -2.44. The largest absolute Gasteiger partial charge is 0.391 e. The Morgan fingerprint density at radius 2 is 2.07 bits per heavy atom. The van der Waals surface area contributed by atoms with Gasteiger partial charge in [-0.25, -0.2) is 4.98 Å². The minimum atomic E-state index is -0.626. The molecule has 2 heterocycles. The first-order valence-corrected chi connectivity index (χ1v) is 10.0. The highest BCUT2D eigenvalue weighted by molar-refractivity contribution is 5.79. The summed E-state index contributed by atoms with van der Waals surface area (Å²) in [6.45, 7) is 6.74. The Morgan fingerprint density at radius 1 is 1.32 bits per heavy atom. The number of carbonyl (C=O) groups is 2. The molecule has 0 bridgehead atoms. The molecule has 1 aliphatic rings. The van der Waals surface area contributed by atoms with Crippen LogP contribution >= 0.6 is 0 Å². The molecule has 1 aromatic carbocycles. The van der Waals surface area contributed by atoms with Crippen molar-refractivity contribution in [3.8, 4) is 0 Å². The van der Waals surface area contributed by atoms with Crippen molar-refractivity contribution in [1.82, 2.24) is 20.2 Å². The number of fused-ring (bicyclic) bond motifs is 1. The molecule has 1 saturated heterocycles. The summed E-state index contributed by atoms with van der Waals surface area (Å²) in [5.74, 6) is 0.676. The average Bonchev–Trinajstić information content (AvgIpc) is 2.97. The number of aromatic amines is 1. The fourth-order valence-electron chi connectivity index (χ4n) is 3.53. The topological polar surface area (TPSA) is 98.3 Å². The molecular weight excluding hydrogens is 356 g/mol. The van der Waals surface area contributed by atoms with Crippen molar-refractivity contribution >= 4 is 22.8 Å². The molecule has 3 N–H and O–H groups in total. The predicted molar refractivity (Wildman–Crippen MR) is 108 cm³/mol. The monoisotopic (exact) mass is 386 g/mol. The highest BCUT2D eigenvalue weighted by Crippen LogP contribution is 2.16. The summed E-state index contributed by atoms with van der Waals surface area (Å²) >= 11 is 0. The number of aliphatic hydroxyl groups is 1. The molecule has 3 rings (SSSR count). The number of hydrogen-bond acceptors (Lipinski definition) is 4. The van der Waals surface area contributed by atoms with Crippen LogP contribution < -0.4 is 5.32 Å². The molecule has 1 aromatic heterocycles. The van der Waals surface area contributed by atoms with E-state index < -0.39 is 6.10 Å². The number of aryl methyl sites for hydroxylation is 2. The normalized spacial score (nSPS) is 20.4. The quantitative estimate of drug-likeness (QED) is 0.731. The van der Waals surface area contributed by atoms with Gasteiger partial charge in [0.15, 0.2) is 0 Å². The standard InChI is InChI=1S/C21H30N4O3/c1-13(2)21(28)24-16-8-10-25(11-9-18(16)26)20(27)7-6-19-22-15-5-4-14(3)12-17(15)23-19/h4-5,12-13,16,18,26H,6-11H2,1-3H3,(H,22,23)(H,24,28)/t16-,18-/m0/s1. The third-order valence-electron chi connectivity index (χ3n) is 5.34. The van der Waals surface area contributed by atoms with Crippen LogP contribution in [0.1, 0.15) is 44.5 Å². The molecule has 7 heteroatoms. The molecule has 2 amide bonds. The zero-order valence-electron chi connectivity index (χ0n) is 16.9. The van der Waals surface area contributed by atoms with Gasteiger partial charge >= 0.3 is 0 Å². The second-order valence-corrected chi connectivity index (χ2v) is 8.00. The van der Waals surface area contributed by atoms with E-state index >= 15 is 0 Å². The highest BCUT2D eigenvalue weighted by Gasteiger charge is 2.28. The van der Waals surface area contributed by atoms with Gasteiger partial charge in [0, 0.05) is 31.8 Å². The maximum Gasteiger partial charge on any atom is 0.223 e. The Hall–Kier alpha value is -2.41. The van der Waals surface area contributed by atoms with Crippen LogP contribution in [0.25, 0.3) is 11.0 Å². The Kier molecular flexibility index (Phi) is 6.34. The Balaban J connectivity index is 1.54. The summed E-state index contributed by atoms with van der Waals surface area (Å²) < 4.78 is 0. The zero-order chi connectivity index (χ0) is 20.3. The van der Waals surface area contributed by atoms with Crippen LogP contribution in [0, 0.1) is 12.8 Å². The lowest BCUT2D eigenvalue weighted by atomic mass is 10.1. The third kappa shape index (κ3) is 4.90. The molecule has 0 unspecified atom stereocenters. The number of nitrogens with one attached hydrogen (secondary N) is 2. The van der Waals surface area contributed by atoms with Gasteiger partial charge in [0.05, 0.1) is 23.2 Å². The highest BCUT2D eigenvalue weighted by atomic mass is 16.3. The van der Waals surface area contributed by atoms with E-state index in [0.717, 1.165) is 16.9 Å². The van der Waals surface area contributed by atoms with Crippen LogP contribution in [-0.4, -0.2) is 57.0 Å². The van der Waals surface area contributed by atoms with E-state index in [9.17, 15) is 14.7 Å². The minimum absolute atomic E-state index is 0.0553. The number of rotatable bonds is 5. The van der Waals surface area contributed by atoms with E-state index in [4.69, 9.17) is 0 Å². The number of aliphatic hydroxyl groups excluding tert-OH is 1. The molecule has 2 atom stereocenters. The third-order valence-corrected chi connectivity index (χ3v) is 5.34. The zero-order valence-corrected chi connectivity index (χ0v) is 16.9. The van der Waals surface area contributed by atoms with E-state index in [1.165, 1.54) is 5.56 Å². The number of aromatic nitrogens is 2. The van der Waals surface area contributed by atoms with E-state index in [1.54, 1.807) is 4.90 Å². The summed E-state index contributed by atoms with van der Waals surface area (Å²) in [6, 6.07) is 5.75. The number of benzene rings is 1. The van der Waals surface area contributed by atoms with Crippen molar-refractivity contribution in [2.75, 3.05) is 13.1 Å². The van der Waals surface area contributed by atoms with Crippen LogP contribution in [0.5, 0.6) is 0 Å². The van der Waals surface area contributed by atoms with Crippen molar-refractivity contribution in [3.05, 3.63) is 29.6 Å². The van der Waals surface area contributed by atoms with E-state index in [0.29, 0.717) is 38.8 Å². The molecule has 0 radical (unpaired) electrons. The Morgan fingerprint density at radius 3 is 2.82 bits per heavy atom. The number of imidazole rings is 1. The molecule has 28 heavy (non-hydrogen) atoms. The number of hydrogen-bond donors (Lipinski definition) is 3. The Bertz CT molecular complexity index is 845. The molecule has 0 saturated carbocycles. The van der Waals surface area contributed by atoms with Crippen molar-refractivity contribution < 1.29 is 14.7 Å². The number of amides is 2. The van der Waals surface area contributed by atoms with Gasteiger partial charge in [-0.2, -0.15) is 0 Å². The van der Waals surface area contributed by atoms with Gasteiger partial charge in [-0.15, -0.1) is 0 Å². The minimum Gasteiger partial charge on any atom is -0.391 e. The SMILES string of the molecule is Cc1ccc2nc(CCC(=O)N3CC[C@H](NC(=O)C(C)C)[C@@H](O)CC3)[nH]c2c1. The first kappa shape index (κ1) is 20.3. The van der Waals surface area contributed by atoms with Gasteiger partial charge in [-0.1, -0.05) is 19.9 Å². The second kappa shape index (κ2) is 8.73. The van der Waals surface area contributed by atoms with Gasteiger partial charge in [-0.3, -0.25) is 9.59 Å². The number of H-pyrrole nitrogens is 1. The first-order valence-electron chi connectivity index (χ1n) is 10.0. The molecule has 0 spiro atoms. The summed E-state index contributed by atoms with van der Waals surface area (Å²) in [6.07, 6.45) is 1.34. The van der Waals surface area contributed by atoms with Crippen molar-refractivity contribution in [2.24, 2.45) is 5.92 Å². The number of likely N-dealkylation sites (tertiary alicyclic amines) is 1. The smallest absolute Gasteiger partial charge is 0.223 e. The molecule has 2 aromatic rings. The molecular formula is C21H30N4O3. The summed E-state index contributed by atoms with van der Waals surface area (Å²) in [5, 5.41) is 13.2. The lowest BCUT2D eigenvalue weighted by molar-refractivity contribution is -0.131. The van der Waals surface area contributed by atoms with Gasteiger partial charge < -0.3 is 20.3 Å². The molecule has 1 fully saturated rings. The summed E-state index contributed by atoms with van der Waals surface area (Å²) in [5.41, 5.74) is 3.07. The van der Waals surface area contributed by atoms with Crippen LogP contribution in [0.2, 0.25) is 0 Å². The molecule has 152 valence electrons. The Labute approximate surface area is 165 Å². The number of carbonyl (C=O) groups excluding carboxylic acids is 2. The number of nitrogens with zero attached hydrogens (tertiary/aromatic N) is 2.